The van der Waals surface area contributed by atoms with Crippen molar-refractivity contribution in [2.24, 2.45) is 0 Å². The minimum Gasteiger partial charge on any atom is -0.336 e. The first-order valence-corrected chi connectivity index (χ1v) is 9.58. The van der Waals surface area contributed by atoms with Crippen LogP contribution in [-0.2, 0) is 0 Å². The fraction of sp³-hybridized carbons (Fsp3) is 0.0952. The molecule has 0 aliphatic heterocycles. The fourth-order valence-electron chi connectivity index (χ4n) is 3.16. The number of nitrogens with zero attached hydrogens (tertiary/aromatic N) is 4. The minimum absolute atomic E-state index is 0.196. The van der Waals surface area contributed by atoms with Gasteiger partial charge in [-0.05, 0) is 36.8 Å². The Kier molecular flexibility index (Phi) is 3.83. The summed E-state index contributed by atoms with van der Waals surface area (Å²) in [6, 6.07) is 24.6. The number of hydrogen-bond donors (Lipinski definition) is 1. The molecular weight excluding hydrogens is 354 g/mol. The smallest absolute Gasteiger partial charge is 0.185 e. The monoisotopic (exact) mass is 371 g/mol. The molecule has 5 rings (SSSR count). The molecule has 1 unspecified atom stereocenters. The standard InChI is InChI=1S/C21H17N5S/c1-14-10-12-15(13-11-14)20(26-18-8-4-2-6-16(18)24-25-26)23-21-22-17-7-3-5-9-19(17)27-21/h2-13,20H,1H3,(H,22,23). The molecule has 1 N–H and O–H groups in total. The van der Waals surface area contributed by atoms with Crippen LogP contribution in [0.1, 0.15) is 17.3 Å². The summed E-state index contributed by atoms with van der Waals surface area (Å²) in [5, 5.41) is 13.2. The molecule has 5 nitrogen and oxygen atoms in total. The van der Waals surface area contributed by atoms with E-state index in [-0.39, 0.29) is 6.17 Å². The zero-order chi connectivity index (χ0) is 18.2. The first kappa shape index (κ1) is 16.0. The number of thiazole rings is 1. The molecule has 0 bridgehead atoms. The van der Waals surface area contributed by atoms with Gasteiger partial charge in [-0.1, -0.05) is 70.6 Å². The maximum atomic E-state index is 4.73. The quantitative estimate of drug-likeness (QED) is 0.482. The molecule has 0 aliphatic rings. The summed E-state index contributed by atoms with van der Waals surface area (Å²) in [5.74, 6) is 0. The molecule has 1 atom stereocenters. The van der Waals surface area contributed by atoms with Crippen molar-refractivity contribution in [3.63, 3.8) is 0 Å². The molecule has 5 aromatic rings. The highest BCUT2D eigenvalue weighted by Gasteiger charge is 2.19. The normalized spacial score (nSPS) is 12.5. The van der Waals surface area contributed by atoms with Gasteiger partial charge >= 0.3 is 0 Å². The fourth-order valence-corrected chi connectivity index (χ4v) is 4.05. The second kappa shape index (κ2) is 6.48. The third kappa shape index (κ3) is 2.94. The lowest BCUT2D eigenvalue weighted by atomic mass is 10.1. The molecule has 2 heterocycles. The summed E-state index contributed by atoms with van der Waals surface area (Å²) in [5.41, 5.74) is 5.19. The third-order valence-electron chi connectivity index (χ3n) is 4.57. The van der Waals surface area contributed by atoms with Crippen molar-refractivity contribution in [2.45, 2.75) is 13.1 Å². The number of fused-ring (bicyclic) bond motifs is 2. The summed E-state index contributed by atoms with van der Waals surface area (Å²) < 4.78 is 3.08. The summed E-state index contributed by atoms with van der Waals surface area (Å²) in [7, 11) is 0. The number of nitrogens with one attached hydrogen (secondary N) is 1. The number of anilines is 1. The third-order valence-corrected chi connectivity index (χ3v) is 5.54. The summed E-state index contributed by atoms with van der Waals surface area (Å²) >= 11 is 1.64. The Hall–Kier alpha value is -3.25. The molecule has 0 fully saturated rings. The molecule has 0 aliphatic carbocycles. The summed E-state index contributed by atoms with van der Waals surface area (Å²) in [6.45, 7) is 2.09. The van der Waals surface area contributed by atoms with Crippen LogP contribution in [0.15, 0.2) is 72.8 Å². The molecule has 0 radical (unpaired) electrons. The first-order valence-electron chi connectivity index (χ1n) is 8.76. The second-order valence-electron chi connectivity index (χ2n) is 6.47. The van der Waals surface area contributed by atoms with Gasteiger partial charge in [0.15, 0.2) is 11.3 Å². The Balaban J connectivity index is 1.62. The molecule has 0 amide bonds. The number of aryl methyl sites for hydroxylation is 1. The van der Waals surface area contributed by atoms with Gasteiger partial charge in [-0.15, -0.1) is 5.10 Å². The van der Waals surface area contributed by atoms with Gasteiger partial charge in [0, 0.05) is 0 Å². The van der Waals surface area contributed by atoms with Gasteiger partial charge in [-0.2, -0.15) is 0 Å². The van der Waals surface area contributed by atoms with E-state index in [2.05, 4.69) is 52.9 Å². The van der Waals surface area contributed by atoms with Crippen molar-refractivity contribution in [3.05, 3.63) is 83.9 Å². The Morgan fingerprint density at radius 1 is 0.889 bits per heavy atom. The topological polar surface area (TPSA) is 55.6 Å². The van der Waals surface area contributed by atoms with E-state index in [9.17, 15) is 0 Å². The van der Waals surface area contributed by atoms with E-state index in [1.165, 1.54) is 5.56 Å². The van der Waals surface area contributed by atoms with E-state index >= 15 is 0 Å². The summed E-state index contributed by atoms with van der Waals surface area (Å²) in [4.78, 5) is 4.73. The van der Waals surface area contributed by atoms with E-state index < -0.39 is 0 Å². The van der Waals surface area contributed by atoms with Gasteiger partial charge < -0.3 is 5.32 Å². The average Bonchev–Trinajstić information content (AvgIpc) is 3.30. The Labute approximate surface area is 160 Å². The van der Waals surface area contributed by atoms with Crippen molar-refractivity contribution in [1.29, 1.82) is 0 Å². The molecule has 6 heteroatoms. The van der Waals surface area contributed by atoms with Crippen LogP contribution in [-0.4, -0.2) is 20.0 Å². The van der Waals surface area contributed by atoms with Crippen LogP contribution in [0.3, 0.4) is 0 Å². The Morgan fingerprint density at radius 2 is 1.63 bits per heavy atom. The van der Waals surface area contributed by atoms with Gasteiger partial charge in [0.25, 0.3) is 0 Å². The van der Waals surface area contributed by atoms with E-state index in [1.807, 2.05) is 47.1 Å². The Morgan fingerprint density at radius 3 is 2.44 bits per heavy atom. The molecular formula is C21H17N5S. The number of rotatable bonds is 4. The molecule has 27 heavy (non-hydrogen) atoms. The zero-order valence-corrected chi connectivity index (χ0v) is 15.5. The van der Waals surface area contributed by atoms with Crippen LogP contribution in [0.2, 0.25) is 0 Å². The van der Waals surface area contributed by atoms with E-state index in [0.717, 1.165) is 31.9 Å². The number of para-hydroxylation sites is 2. The van der Waals surface area contributed by atoms with Gasteiger partial charge in [0.1, 0.15) is 5.52 Å². The lowest BCUT2D eigenvalue weighted by molar-refractivity contribution is 0.571. The molecule has 3 aromatic carbocycles. The SMILES string of the molecule is Cc1ccc(C(Nc2nc3ccccc3s2)n2nnc3ccccc32)cc1. The lowest BCUT2D eigenvalue weighted by Crippen LogP contribution is -2.21. The molecule has 132 valence electrons. The number of benzene rings is 3. The summed E-state index contributed by atoms with van der Waals surface area (Å²) in [6.07, 6.45) is -0.196. The van der Waals surface area contributed by atoms with Crippen LogP contribution in [0.25, 0.3) is 21.3 Å². The van der Waals surface area contributed by atoms with Crippen LogP contribution in [0.4, 0.5) is 5.13 Å². The van der Waals surface area contributed by atoms with Gasteiger partial charge in [0.2, 0.25) is 0 Å². The van der Waals surface area contributed by atoms with Crippen molar-refractivity contribution < 1.29 is 0 Å². The van der Waals surface area contributed by atoms with E-state index in [1.54, 1.807) is 11.3 Å². The van der Waals surface area contributed by atoms with Crippen LogP contribution >= 0.6 is 11.3 Å². The average molecular weight is 371 g/mol. The van der Waals surface area contributed by atoms with Crippen molar-refractivity contribution >= 4 is 37.7 Å². The zero-order valence-electron chi connectivity index (χ0n) is 14.7. The lowest BCUT2D eigenvalue weighted by Gasteiger charge is -2.19. The predicted molar refractivity (Wildman–Crippen MR) is 110 cm³/mol. The molecule has 0 saturated carbocycles. The number of hydrogen-bond acceptors (Lipinski definition) is 5. The molecule has 0 saturated heterocycles. The highest BCUT2D eigenvalue weighted by atomic mass is 32.1. The molecule has 2 aromatic heterocycles. The van der Waals surface area contributed by atoms with Gasteiger partial charge in [-0.3, -0.25) is 0 Å². The van der Waals surface area contributed by atoms with Crippen molar-refractivity contribution in [3.8, 4) is 0 Å². The maximum Gasteiger partial charge on any atom is 0.185 e. The number of aromatic nitrogens is 4. The van der Waals surface area contributed by atoms with E-state index in [4.69, 9.17) is 4.98 Å². The molecule has 0 spiro atoms. The van der Waals surface area contributed by atoms with Gasteiger partial charge in [-0.25, -0.2) is 9.67 Å². The van der Waals surface area contributed by atoms with E-state index in [0.29, 0.717) is 0 Å². The van der Waals surface area contributed by atoms with Crippen molar-refractivity contribution in [2.75, 3.05) is 5.32 Å². The second-order valence-corrected chi connectivity index (χ2v) is 7.50. The highest BCUT2D eigenvalue weighted by molar-refractivity contribution is 7.22. The maximum absolute atomic E-state index is 4.73. The Bertz CT molecular complexity index is 1190. The van der Waals surface area contributed by atoms with Crippen LogP contribution in [0, 0.1) is 6.92 Å². The largest absolute Gasteiger partial charge is 0.336 e. The van der Waals surface area contributed by atoms with Crippen molar-refractivity contribution in [1.82, 2.24) is 20.0 Å². The van der Waals surface area contributed by atoms with Crippen LogP contribution in [0.5, 0.6) is 0 Å². The predicted octanol–water partition coefficient (Wildman–Crippen LogP) is 5.01. The minimum atomic E-state index is -0.196. The van der Waals surface area contributed by atoms with Crippen LogP contribution < -0.4 is 5.32 Å². The highest BCUT2D eigenvalue weighted by Crippen LogP contribution is 2.30. The first-order chi connectivity index (χ1) is 13.3. The van der Waals surface area contributed by atoms with Gasteiger partial charge in [0.05, 0.1) is 15.7 Å².